The zero-order chi connectivity index (χ0) is 18.5. The van der Waals surface area contributed by atoms with Gasteiger partial charge >= 0.3 is 0 Å². The van der Waals surface area contributed by atoms with Crippen LogP contribution in [-0.2, 0) is 16.0 Å². The molecule has 0 bridgehead atoms. The number of amides is 2. The van der Waals surface area contributed by atoms with Crippen molar-refractivity contribution in [2.45, 2.75) is 38.7 Å². The third-order valence-corrected chi connectivity index (χ3v) is 5.21. The molecule has 1 aromatic carbocycles. The van der Waals surface area contributed by atoms with Crippen LogP contribution < -0.4 is 4.74 Å². The van der Waals surface area contributed by atoms with Gasteiger partial charge in [-0.2, -0.15) is 0 Å². The molecule has 3 rings (SSSR count). The van der Waals surface area contributed by atoms with E-state index >= 15 is 0 Å². The lowest BCUT2D eigenvalue weighted by atomic mass is 10.1. The lowest BCUT2D eigenvalue weighted by Gasteiger charge is -2.24. The highest BCUT2D eigenvalue weighted by atomic mass is 16.5. The Hall–Kier alpha value is -2.08. The molecule has 2 heterocycles. The summed E-state index contributed by atoms with van der Waals surface area (Å²) in [5, 5.41) is 0. The molecule has 6 heteroatoms. The van der Waals surface area contributed by atoms with Gasteiger partial charge in [-0.15, -0.1) is 0 Å². The van der Waals surface area contributed by atoms with E-state index in [0.717, 1.165) is 37.0 Å². The van der Waals surface area contributed by atoms with Gasteiger partial charge in [0.15, 0.2) is 0 Å². The van der Waals surface area contributed by atoms with Gasteiger partial charge < -0.3 is 19.3 Å². The van der Waals surface area contributed by atoms with Gasteiger partial charge in [-0.3, -0.25) is 9.59 Å². The molecular formula is C20H28N2O4. The molecule has 2 aliphatic heterocycles. The number of carbonyl (C=O) groups is 2. The number of aryl methyl sites for hydroxylation is 1. The average molecular weight is 360 g/mol. The molecule has 1 aromatic rings. The number of hydrogen-bond acceptors (Lipinski definition) is 4. The van der Waals surface area contributed by atoms with Gasteiger partial charge in [0.1, 0.15) is 11.9 Å². The minimum absolute atomic E-state index is 0.0220. The molecule has 1 atom stereocenters. The molecule has 2 fully saturated rings. The largest absolute Gasteiger partial charge is 0.496 e. The zero-order valence-corrected chi connectivity index (χ0v) is 15.7. The fourth-order valence-electron chi connectivity index (χ4n) is 3.69. The van der Waals surface area contributed by atoms with E-state index in [9.17, 15) is 9.59 Å². The van der Waals surface area contributed by atoms with Crippen molar-refractivity contribution in [3.63, 3.8) is 0 Å². The maximum Gasteiger partial charge on any atom is 0.253 e. The van der Waals surface area contributed by atoms with Gasteiger partial charge in [0.25, 0.3) is 11.8 Å². The summed E-state index contributed by atoms with van der Waals surface area (Å²) in [4.78, 5) is 29.2. The maximum atomic E-state index is 12.9. The van der Waals surface area contributed by atoms with E-state index in [0.29, 0.717) is 38.3 Å². The Morgan fingerprint density at radius 2 is 1.92 bits per heavy atom. The Morgan fingerprint density at radius 1 is 1.15 bits per heavy atom. The summed E-state index contributed by atoms with van der Waals surface area (Å²) in [5.41, 5.74) is 1.71. The number of methoxy groups -OCH3 is 1. The monoisotopic (exact) mass is 360 g/mol. The van der Waals surface area contributed by atoms with Crippen LogP contribution in [0.25, 0.3) is 0 Å². The summed E-state index contributed by atoms with van der Waals surface area (Å²) < 4.78 is 10.9. The lowest BCUT2D eigenvalue weighted by Crippen LogP contribution is -2.41. The molecule has 0 radical (unpaired) electrons. The fraction of sp³-hybridized carbons (Fsp3) is 0.600. The number of ether oxygens (including phenoxy) is 2. The molecule has 6 nitrogen and oxygen atoms in total. The SMILES string of the molecule is CCc1cc(C(=O)N2CCCN(C(=O)C3CCCO3)CC2)ccc1OC. The summed E-state index contributed by atoms with van der Waals surface area (Å²) in [6.45, 7) is 5.21. The number of nitrogens with zero attached hydrogens (tertiary/aromatic N) is 2. The minimum atomic E-state index is -0.286. The van der Waals surface area contributed by atoms with Crippen molar-refractivity contribution >= 4 is 11.8 Å². The van der Waals surface area contributed by atoms with Crippen LogP contribution in [-0.4, -0.2) is 67.6 Å². The number of hydrogen-bond donors (Lipinski definition) is 0. The summed E-state index contributed by atoms with van der Waals surface area (Å²) in [5.74, 6) is 0.913. The molecule has 1 unspecified atom stereocenters. The quantitative estimate of drug-likeness (QED) is 0.825. The Labute approximate surface area is 155 Å². The molecule has 2 saturated heterocycles. The van der Waals surface area contributed by atoms with Gasteiger partial charge in [-0.25, -0.2) is 0 Å². The number of rotatable bonds is 4. The van der Waals surface area contributed by atoms with Crippen LogP contribution in [0.4, 0.5) is 0 Å². The van der Waals surface area contributed by atoms with E-state index < -0.39 is 0 Å². The standard InChI is InChI=1S/C20H28N2O4/c1-3-15-14-16(7-8-17(15)25-2)19(23)21-9-5-10-22(12-11-21)20(24)18-6-4-13-26-18/h7-8,14,18H,3-6,9-13H2,1-2H3. The van der Waals surface area contributed by atoms with Crippen LogP contribution in [0.2, 0.25) is 0 Å². The van der Waals surface area contributed by atoms with E-state index in [1.807, 2.05) is 34.9 Å². The van der Waals surface area contributed by atoms with Gasteiger partial charge in [0, 0.05) is 38.3 Å². The van der Waals surface area contributed by atoms with Crippen molar-refractivity contribution in [2.24, 2.45) is 0 Å². The van der Waals surface area contributed by atoms with Crippen LogP contribution in [0, 0.1) is 0 Å². The first kappa shape index (κ1) is 18.7. The average Bonchev–Trinajstić information content (AvgIpc) is 3.11. The highest BCUT2D eigenvalue weighted by Crippen LogP contribution is 2.22. The second-order valence-electron chi connectivity index (χ2n) is 6.85. The van der Waals surface area contributed by atoms with Crippen molar-refractivity contribution in [3.8, 4) is 5.75 Å². The van der Waals surface area contributed by atoms with Crippen LogP contribution >= 0.6 is 0 Å². The second kappa shape index (κ2) is 8.54. The zero-order valence-electron chi connectivity index (χ0n) is 15.7. The van der Waals surface area contributed by atoms with E-state index in [1.54, 1.807) is 7.11 Å². The molecule has 0 aromatic heterocycles. The van der Waals surface area contributed by atoms with Crippen molar-refractivity contribution < 1.29 is 19.1 Å². The predicted octanol–water partition coefficient (Wildman–Crippen LogP) is 2.11. The molecule has 0 saturated carbocycles. The normalized spacial score (nSPS) is 20.8. The molecule has 0 aliphatic carbocycles. The van der Waals surface area contributed by atoms with Crippen molar-refractivity contribution in [1.82, 2.24) is 9.80 Å². The molecule has 142 valence electrons. The van der Waals surface area contributed by atoms with Gasteiger partial charge in [-0.05, 0) is 49.4 Å². The molecular weight excluding hydrogens is 332 g/mol. The van der Waals surface area contributed by atoms with E-state index in [2.05, 4.69) is 0 Å². The fourth-order valence-corrected chi connectivity index (χ4v) is 3.69. The number of carbonyl (C=O) groups excluding carboxylic acids is 2. The van der Waals surface area contributed by atoms with Gasteiger partial charge in [-0.1, -0.05) is 6.92 Å². The smallest absolute Gasteiger partial charge is 0.253 e. The Bertz CT molecular complexity index is 655. The molecule has 0 N–H and O–H groups in total. The van der Waals surface area contributed by atoms with Crippen molar-refractivity contribution in [2.75, 3.05) is 39.9 Å². The maximum absolute atomic E-state index is 12.9. The van der Waals surface area contributed by atoms with E-state index in [4.69, 9.17) is 9.47 Å². The first-order valence-electron chi connectivity index (χ1n) is 9.50. The molecule has 2 aliphatic rings. The van der Waals surface area contributed by atoms with Crippen LogP contribution in [0.15, 0.2) is 18.2 Å². The summed E-state index contributed by atoms with van der Waals surface area (Å²) >= 11 is 0. The Balaban J connectivity index is 1.65. The third kappa shape index (κ3) is 4.01. The second-order valence-corrected chi connectivity index (χ2v) is 6.85. The predicted molar refractivity (Wildman–Crippen MR) is 98.4 cm³/mol. The Kier molecular flexibility index (Phi) is 6.14. The Morgan fingerprint density at radius 3 is 2.62 bits per heavy atom. The number of benzene rings is 1. The summed E-state index contributed by atoms with van der Waals surface area (Å²) in [7, 11) is 1.64. The van der Waals surface area contributed by atoms with E-state index in [1.165, 1.54) is 0 Å². The first-order valence-corrected chi connectivity index (χ1v) is 9.50. The highest BCUT2D eigenvalue weighted by molar-refractivity contribution is 5.94. The van der Waals surface area contributed by atoms with Crippen molar-refractivity contribution in [1.29, 1.82) is 0 Å². The summed E-state index contributed by atoms with van der Waals surface area (Å²) in [6.07, 6.45) is 3.08. The van der Waals surface area contributed by atoms with Gasteiger partial charge in [0.05, 0.1) is 7.11 Å². The first-order chi connectivity index (χ1) is 12.6. The third-order valence-electron chi connectivity index (χ3n) is 5.21. The molecule has 2 amide bonds. The van der Waals surface area contributed by atoms with E-state index in [-0.39, 0.29) is 17.9 Å². The molecule has 26 heavy (non-hydrogen) atoms. The molecule has 0 spiro atoms. The lowest BCUT2D eigenvalue weighted by molar-refractivity contribution is -0.140. The van der Waals surface area contributed by atoms with Crippen LogP contribution in [0.3, 0.4) is 0 Å². The van der Waals surface area contributed by atoms with Crippen molar-refractivity contribution in [3.05, 3.63) is 29.3 Å². The van der Waals surface area contributed by atoms with Gasteiger partial charge in [0.2, 0.25) is 0 Å². The summed E-state index contributed by atoms with van der Waals surface area (Å²) in [6, 6.07) is 5.60. The van der Waals surface area contributed by atoms with Crippen LogP contribution in [0.1, 0.15) is 42.1 Å². The minimum Gasteiger partial charge on any atom is -0.496 e. The van der Waals surface area contributed by atoms with Crippen LogP contribution in [0.5, 0.6) is 5.75 Å². The highest BCUT2D eigenvalue weighted by Gasteiger charge is 2.30. The topological polar surface area (TPSA) is 59.1 Å².